The normalized spacial score (nSPS) is 15.7. The summed E-state index contributed by atoms with van der Waals surface area (Å²) in [5, 5.41) is 7.25. The summed E-state index contributed by atoms with van der Waals surface area (Å²) in [6.45, 7) is 6.48. The fourth-order valence-electron chi connectivity index (χ4n) is 2.08. The van der Waals surface area contributed by atoms with Gasteiger partial charge in [-0.15, -0.1) is 0 Å². The molecule has 102 valence electrons. The Morgan fingerprint density at radius 1 is 1.37 bits per heavy atom. The highest BCUT2D eigenvalue weighted by Crippen LogP contribution is 2.13. The van der Waals surface area contributed by atoms with Crippen LogP contribution in [0.1, 0.15) is 26.2 Å². The fourth-order valence-corrected chi connectivity index (χ4v) is 2.08. The lowest BCUT2D eigenvalue weighted by molar-refractivity contribution is -0.148. The summed E-state index contributed by atoms with van der Waals surface area (Å²) in [5.74, 6) is 0.639. The molecule has 0 aromatic carbocycles. The number of rotatable bonds is 5. The Morgan fingerprint density at radius 2 is 2.05 bits per heavy atom. The molecular weight excluding hydrogens is 244 g/mol. The first-order chi connectivity index (χ1) is 9.08. The number of piperidine rings is 1. The number of imide groups is 1. The maximum Gasteiger partial charge on any atom is 0.229 e. The molecule has 2 amide bonds. The average Bonchev–Trinajstić information content (AvgIpc) is 2.75. The second kappa shape index (κ2) is 5.69. The molecule has 1 N–H and O–H groups in total. The molecule has 0 radical (unpaired) electrons. The Hall–Kier alpha value is -2.11. The summed E-state index contributed by atoms with van der Waals surface area (Å²) in [6, 6.07) is 1.83. The van der Waals surface area contributed by atoms with Gasteiger partial charge in [-0.1, -0.05) is 6.58 Å². The lowest BCUT2D eigenvalue weighted by Gasteiger charge is -2.25. The molecule has 1 fully saturated rings. The third-order valence-corrected chi connectivity index (χ3v) is 2.98. The molecule has 0 spiro atoms. The molecular formula is C13H18N4O2. The monoisotopic (exact) mass is 262 g/mol. The van der Waals surface area contributed by atoms with Gasteiger partial charge in [-0.05, 0) is 13.3 Å². The molecule has 19 heavy (non-hydrogen) atoms. The quantitative estimate of drug-likeness (QED) is 0.814. The van der Waals surface area contributed by atoms with Crippen molar-refractivity contribution in [3.05, 3.63) is 24.5 Å². The van der Waals surface area contributed by atoms with Gasteiger partial charge < -0.3 is 5.32 Å². The van der Waals surface area contributed by atoms with E-state index in [-0.39, 0.29) is 11.8 Å². The number of nitrogens with one attached hydrogen (secondary N) is 1. The first-order valence-electron chi connectivity index (χ1n) is 6.35. The zero-order chi connectivity index (χ0) is 13.8. The highest BCUT2D eigenvalue weighted by Gasteiger charge is 2.25. The van der Waals surface area contributed by atoms with Crippen LogP contribution in [-0.4, -0.2) is 33.0 Å². The molecule has 6 nitrogen and oxygen atoms in total. The molecule has 0 bridgehead atoms. The van der Waals surface area contributed by atoms with Crippen LogP contribution in [0.3, 0.4) is 0 Å². The first-order valence-corrected chi connectivity index (χ1v) is 6.35. The minimum Gasteiger partial charge on any atom is -0.345 e. The van der Waals surface area contributed by atoms with E-state index in [1.165, 1.54) is 4.90 Å². The summed E-state index contributed by atoms with van der Waals surface area (Å²) in [5.41, 5.74) is 0.812. The molecule has 1 aromatic heterocycles. The number of amides is 2. The van der Waals surface area contributed by atoms with Crippen LogP contribution < -0.4 is 5.32 Å². The molecule has 1 saturated heterocycles. The number of aromatic nitrogens is 2. The maximum absolute atomic E-state index is 11.7. The van der Waals surface area contributed by atoms with Gasteiger partial charge in [0.05, 0.1) is 12.7 Å². The fraction of sp³-hybridized carbons (Fsp3) is 0.462. The van der Waals surface area contributed by atoms with E-state index in [2.05, 4.69) is 17.0 Å². The molecule has 0 aliphatic carbocycles. The largest absolute Gasteiger partial charge is 0.345 e. The number of carbonyl (C=O) groups excluding carboxylic acids is 2. The van der Waals surface area contributed by atoms with Crippen LogP contribution in [0.15, 0.2) is 24.5 Å². The maximum atomic E-state index is 11.7. The summed E-state index contributed by atoms with van der Waals surface area (Å²) < 4.78 is 1.73. The molecule has 6 heteroatoms. The summed E-state index contributed by atoms with van der Waals surface area (Å²) in [6.07, 6.45) is 3.26. The van der Waals surface area contributed by atoms with E-state index in [0.29, 0.717) is 32.4 Å². The van der Waals surface area contributed by atoms with Crippen molar-refractivity contribution in [3.8, 4) is 0 Å². The number of carbonyl (C=O) groups is 2. The Kier molecular flexibility index (Phi) is 3.99. The third-order valence-electron chi connectivity index (χ3n) is 2.98. The number of nitrogens with zero attached hydrogens (tertiary/aromatic N) is 3. The van der Waals surface area contributed by atoms with E-state index in [1.54, 1.807) is 10.9 Å². The van der Waals surface area contributed by atoms with Crippen molar-refractivity contribution in [2.24, 2.45) is 0 Å². The minimum atomic E-state index is -0.0854. The van der Waals surface area contributed by atoms with Gasteiger partial charge in [0.2, 0.25) is 11.8 Å². The van der Waals surface area contributed by atoms with Gasteiger partial charge in [-0.3, -0.25) is 14.5 Å². The minimum absolute atomic E-state index is 0.0854. The Balaban J connectivity index is 1.98. The van der Waals surface area contributed by atoms with E-state index in [4.69, 9.17) is 0 Å². The predicted octanol–water partition coefficient (Wildman–Crippen LogP) is 1.37. The van der Waals surface area contributed by atoms with Crippen LogP contribution in [0.4, 0.5) is 5.82 Å². The lowest BCUT2D eigenvalue weighted by Crippen LogP contribution is -2.42. The number of hydrogen-bond acceptors (Lipinski definition) is 4. The van der Waals surface area contributed by atoms with Crippen molar-refractivity contribution in [1.29, 1.82) is 0 Å². The van der Waals surface area contributed by atoms with Gasteiger partial charge in [-0.2, -0.15) is 5.10 Å². The van der Waals surface area contributed by atoms with E-state index in [9.17, 15) is 9.59 Å². The predicted molar refractivity (Wildman–Crippen MR) is 71.2 cm³/mol. The summed E-state index contributed by atoms with van der Waals surface area (Å²) >= 11 is 0. The highest BCUT2D eigenvalue weighted by molar-refractivity contribution is 5.97. The van der Waals surface area contributed by atoms with Crippen molar-refractivity contribution in [2.75, 3.05) is 11.9 Å². The van der Waals surface area contributed by atoms with Gasteiger partial charge in [0.25, 0.3) is 0 Å². The van der Waals surface area contributed by atoms with Crippen molar-refractivity contribution in [2.45, 2.75) is 32.7 Å². The van der Waals surface area contributed by atoms with Gasteiger partial charge in [-0.25, -0.2) is 4.68 Å². The van der Waals surface area contributed by atoms with Crippen molar-refractivity contribution in [1.82, 2.24) is 14.7 Å². The van der Waals surface area contributed by atoms with Crippen LogP contribution >= 0.6 is 0 Å². The SMILES string of the molecule is C=C(C)Nc1ccnn1CCN1C(=O)CCCC1=O. The van der Waals surface area contributed by atoms with E-state index in [0.717, 1.165) is 11.5 Å². The summed E-state index contributed by atoms with van der Waals surface area (Å²) in [7, 11) is 0. The van der Waals surface area contributed by atoms with Crippen LogP contribution in [0.25, 0.3) is 0 Å². The molecule has 0 atom stereocenters. The van der Waals surface area contributed by atoms with Crippen LogP contribution in [-0.2, 0) is 16.1 Å². The van der Waals surface area contributed by atoms with Gasteiger partial charge >= 0.3 is 0 Å². The molecule has 1 aromatic rings. The van der Waals surface area contributed by atoms with Gasteiger partial charge in [0.1, 0.15) is 5.82 Å². The molecule has 2 rings (SSSR count). The first kappa shape index (κ1) is 13.3. The number of likely N-dealkylation sites (tertiary alicyclic amines) is 1. The highest BCUT2D eigenvalue weighted by atomic mass is 16.2. The topological polar surface area (TPSA) is 67.2 Å². The van der Waals surface area contributed by atoms with Gasteiger partial charge in [0, 0.05) is 31.1 Å². The Labute approximate surface area is 112 Å². The summed E-state index contributed by atoms with van der Waals surface area (Å²) in [4.78, 5) is 24.7. The van der Waals surface area contributed by atoms with Gasteiger partial charge in [0.15, 0.2) is 0 Å². The van der Waals surface area contributed by atoms with E-state index >= 15 is 0 Å². The standard InChI is InChI=1S/C13H18N4O2/c1-10(2)15-11-6-7-14-17(11)9-8-16-12(18)4-3-5-13(16)19/h6-7,15H,1,3-5,8-9H2,2H3. The van der Waals surface area contributed by atoms with Crippen molar-refractivity contribution < 1.29 is 9.59 Å². The zero-order valence-electron chi connectivity index (χ0n) is 11.1. The van der Waals surface area contributed by atoms with Crippen LogP contribution in [0.2, 0.25) is 0 Å². The van der Waals surface area contributed by atoms with E-state index < -0.39 is 0 Å². The molecule has 0 unspecified atom stereocenters. The second-order valence-electron chi connectivity index (χ2n) is 4.64. The average molecular weight is 262 g/mol. The van der Waals surface area contributed by atoms with Crippen LogP contribution in [0, 0.1) is 0 Å². The molecule has 1 aliphatic rings. The Bertz CT molecular complexity index is 490. The number of hydrogen-bond donors (Lipinski definition) is 1. The third kappa shape index (κ3) is 3.21. The second-order valence-corrected chi connectivity index (χ2v) is 4.64. The van der Waals surface area contributed by atoms with Crippen molar-refractivity contribution >= 4 is 17.6 Å². The lowest BCUT2D eigenvalue weighted by atomic mass is 10.1. The van der Waals surface area contributed by atoms with Crippen LogP contribution in [0.5, 0.6) is 0 Å². The molecule has 2 heterocycles. The number of anilines is 1. The van der Waals surface area contributed by atoms with E-state index in [1.807, 2.05) is 13.0 Å². The zero-order valence-corrected chi connectivity index (χ0v) is 11.1. The van der Waals surface area contributed by atoms with Crippen molar-refractivity contribution in [3.63, 3.8) is 0 Å². The molecule has 0 saturated carbocycles. The smallest absolute Gasteiger partial charge is 0.229 e. The number of allylic oxidation sites excluding steroid dienone is 1. The molecule has 1 aliphatic heterocycles. The Morgan fingerprint density at radius 3 is 2.68 bits per heavy atom.